The number of benzene rings is 2. The standard InChI is InChI=1S/C12H9BrClN3O2/c13-12-8(14)2-1-3-10(12)16-7-4-5-11(17(18)19)9(15)6-7/h1-6,16H,15H2. The van der Waals surface area contributed by atoms with Gasteiger partial charge in [0.15, 0.2) is 0 Å². The molecule has 5 nitrogen and oxygen atoms in total. The zero-order valence-electron chi connectivity index (χ0n) is 9.56. The molecule has 0 aliphatic heterocycles. The topological polar surface area (TPSA) is 81.2 Å². The van der Waals surface area contributed by atoms with Crippen LogP contribution in [0.1, 0.15) is 0 Å². The van der Waals surface area contributed by atoms with Gasteiger partial charge in [0.25, 0.3) is 5.69 Å². The number of nitro groups is 1. The summed E-state index contributed by atoms with van der Waals surface area (Å²) in [7, 11) is 0. The largest absolute Gasteiger partial charge is 0.393 e. The highest BCUT2D eigenvalue weighted by molar-refractivity contribution is 9.10. The number of nitrogens with two attached hydrogens (primary N) is 1. The maximum atomic E-state index is 10.7. The third kappa shape index (κ3) is 2.97. The molecule has 0 spiro atoms. The van der Waals surface area contributed by atoms with Crippen molar-refractivity contribution in [2.24, 2.45) is 0 Å². The molecule has 0 heterocycles. The van der Waals surface area contributed by atoms with Crippen LogP contribution in [-0.4, -0.2) is 4.92 Å². The SMILES string of the molecule is Nc1cc(Nc2cccc(Cl)c2Br)ccc1[N+](=O)[O-]. The first-order chi connectivity index (χ1) is 8.99. The molecule has 0 saturated carbocycles. The zero-order valence-corrected chi connectivity index (χ0v) is 11.9. The van der Waals surface area contributed by atoms with E-state index in [1.54, 1.807) is 18.2 Å². The Morgan fingerprint density at radius 1 is 1.32 bits per heavy atom. The Morgan fingerprint density at radius 3 is 2.68 bits per heavy atom. The van der Waals surface area contributed by atoms with E-state index in [0.29, 0.717) is 15.2 Å². The highest BCUT2D eigenvalue weighted by atomic mass is 79.9. The quantitative estimate of drug-likeness (QED) is 0.494. The molecule has 0 radical (unpaired) electrons. The molecule has 0 saturated heterocycles. The van der Waals surface area contributed by atoms with Crippen LogP contribution in [-0.2, 0) is 0 Å². The summed E-state index contributed by atoms with van der Waals surface area (Å²) < 4.78 is 0.716. The minimum Gasteiger partial charge on any atom is -0.393 e. The highest BCUT2D eigenvalue weighted by Crippen LogP contribution is 2.33. The maximum absolute atomic E-state index is 10.7. The molecule has 2 aromatic carbocycles. The molecule has 3 N–H and O–H groups in total. The van der Waals surface area contributed by atoms with Gasteiger partial charge in [0.2, 0.25) is 0 Å². The van der Waals surface area contributed by atoms with E-state index in [1.807, 2.05) is 6.07 Å². The molecule has 0 bridgehead atoms. The van der Waals surface area contributed by atoms with Gasteiger partial charge in [-0.2, -0.15) is 0 Å². The lowest BCUT2D eigenvalue weighted by Crippen LogP contribution is -1.98. The van der Waals surface area contributed by atoms with Gasteiger partial charge in [0.1, 0.15) is 5.69 Å². The van der Waals surface area contributed by atoms with E-state index in [0.717, 1.165) is 5.69 Å². The van der Waals surface area contributed by atoms with Crippen molar-refractivity contribution in [3.8, 4) is 0 Å². The molecule has 2 rings (SSSR count). The molecule has 7 heteroatoms. The molecule has 0 aliphatic rings. The lowest BCUT2D eigenvalue weighted by Gasteiger charge is -2.10. The Morgan fingerprint density at radius 2 is 2.05 bits per heavy atom. The van der Waals surface area contributed by atoms with Crippen LogP contribution >= 0.6 is 27.5 Å². The summed E-state index contributed by atoms with van der Waals surface area (Å²) in [5.41, 5.74) is 7.01. The molecular weight excluding hydrogens is 334 g/mol. The molecule has 19 heavy (non-hydrogen) atoms. The predicted molar refractivity (Wildman–Crippen MR) is 79.9 cm³/mol. The lowest BCUT2D eigenvalue weighted by molar-refractivity contribution is -0.383. The number of anilines is 3. The molecular formula is C12H9BrClN3O2. The smallest absolute Gasteiger partial charge is 0.292 e. The van der Waals surface area contributed by atoms with Crippen LogP contribution in [0.15, 0.2) is 40.9 Å². The summed E-state index contributed by atoms with van der Waals surface area (Å²) in [5.74, 6) is 0. The van der Waals surface area contributed by atoms with Crippen LogP contribution in [0.2, 0.25) is 5.02 Å². The second kappa shape index (κ2) is 5.46. The molecule has 0 amide bonds. The first kappa shape index (κ1) is 13.6. The molecule has 0 aliphatic carbocycles. The predicted octanol–water partition coefficient (Wildman–Crippen LogP) is 4.34. The summed E-state index contributed by atoms with van der Waals surface area (Å²) in [6.07, 6.45) is 0. The normalized spacial score (nSPS) is 10.2. The van der Waals surface area contributed by atoms with Crippen molar-refractivity contribution in [1.29, 1.82) is 0 Å². The summed E-state index contributed by atoms with van der Waals surface area (Å²) in [6, 6.07) is 9.82. The van der Waals surface area contributed by atoms with Crippen molar-refractivity contribution in [3.63, 3.8) is 0 Å². The van der Waals surface area contributed by atoms with Crippen LogP contribution in [0.5, 0.6) is 0 Å². The van der Waals surface area contributed by atoms with Crippen LogP contribution in [0.3, 0.4) is 0 Å². The minimum atomic E-state index is -0.519. The van der Waals surface area contributed by atoms with Gasteiger partial charge in [-0.25, -0.2) is 0 Å². The van der Waals surface area contributed by atoms with E-state index >= 15 is 0 Å². The summed E-state index contributed by atoms with van der Waals surface area (Å²) in [5, 5.41) is 14.3. The average Bonchev–Trinajstić information content (AvgIpc) is 2.34. The van der Waals surface area contributed by atoms with E-state index in [9.17, 15) is 10.1 Å². The number of hydrogen-bond acceptors (Lipinski definition) is 4. The molecule has 0 fully saturated rings. The number of nitro benzene ring substituents is 1. The Kier molecular flexibility index (Phi) is 3.92. The molecule has 0 unspecified atom stereocenters. The average molecular weight is 343 g/mol. The number of halogens is 2. The van der Waals surface area contributed by atoms with E-state index < -0.39 is 4.92 Å². The van der Waals surface area contributed by atoms with Crippen LogP contribution < -0.4 is 11.1 Å². The van der Waals surface area contributed by atoms with Crippen molar-refractivity contribution in [1.82, 2.24) is 0 Å². The number of nitrogens with zero attached hydrogens (tertiary/aromatic N) is 1. The number of nitrogens with one attached hydrogen (secondary N) is 1. The van der Waals surface area contributed by atoms with Gasteiger partial charge in [-0.3, -0.25) is 10.1 Å². The number of rotatable bonds is 3. The van der Waals surface area contributed by atoms with E-state index in [1.165, 1.54) is 12.1 Å². The van der Waals surface area contributed by atoms with E-state index in [2.05, 4.69) is 21.2 Å². The lowest BCUT2D eigenvalue weighted by atomic mass is 10.2. The zero-order chi connectivity index (χ0) is 14.0. The highest BCUT2D eigenvalue weighted by Gasteiger charge is 2.12. The van der Waals surface area contributed by atoms with Crippen molar-refractivity contribution in [2.45, 2.75) is 0 Å². The van der Waals surface area contributed by atoms with Gasteiger partial charge in [-0.1, -0.05) is 17.7 Å². The summed E-state index contributed by atoms with van der Waals surface area (Å²) in [4.78, 5) is 10.2. The monoisotopic (exact) mass is 341 g/mol. The van der Waals surface area contributed by atoms with Crippen molar-refractivity contribution in [3.05, 3.63) is 56.0 Å². The number of nitrogen functional groups attached to an aromatic ring is 1. The van der Waals surface area contributed by atoms with Crippen molar-refractivity contribution < 1.29 is 4.92 Å². The molecule has 0 atom stereocenters. The van der Waals surface area contributed by atoms with Crippen molar-refractivity contribution in [2.75, 3.05) is 11.1 Å². The first-order valence-corrected chi connectivity index (χ1v) is 6.41. The van der Waals surface area contributed by atoms with Gasteiger partial charge in [0, 0.05) is 11.8 Å². The van der Waals surface area contributed by atoms with Gasteiger partial charge in [0.05, 0.1) is 20.1 Å². The number of hydrogen-bond donors (Lipinski definition) is 2. The molecule has 98 valence electrons. The van der Waals surface area contributed by atoms with Gasteiger partial charge in [-0.05, 0) is 40.2 Å². The second-order valence-corrected chi connectivity index (χ2v) is 4.96. The maximum Gasteiger partial charge on any atom is 0.292 e. The fourth-order valence-corrected chi connectivity index (χ4v) is 2.09. The van der Waals surface area contributed by atoms with E-state index in [4.69, 9.17) is 17.3 Å². The van der Waals surface area contributed by atoms with Gasteiger partial charge < -0.3 is 11.1 Å². The van der Waals surface area contributed by atoms with Crippen LogP contribution in [0.25, 0.3) is 0 Å². The second-order valence-electron chi connectivity index (χ2n) is 3.76. The molecule has 0 aromatic heterocycles. The Balaban J connectivity index is 2.32. The molecule has 2 aromatic rings. The van der Waals surface area contributed by atoms with Crippen LogP contribution in [0, 0.1) is 10.1 Å². The summed E-state index contributed by atoms with van der Waals surface area (Å²) in [6.45, 7) is 0. The Labute approximate surface area is 122 Å². The third-order valence-electron chi connectivity index (χ3n) is 2.45. The Bertz CT molecular complexity index is 649. The Hall–Kier alpha value is -1.79. The van der Waals surface area contributed by atoms with Gasteiger partial charge >= 0.3 is 0 Å². The van der Waals surface area contributed by atoms with E-state index in [-0.39, 0.29) is 11.4 Å². The van der Waals surface area contributed by atoms with Gasteiger partial charge in [-0.15, -0.1) is 0 Å². The summed E-state index contributed by atoms with van der Waals surface area (Å²) >= 11 is 9.34. The minimum absolute atomic E-state index is 0.105. The van der Waals surface area contributed by atoms with Crippen molar-refractivity contribution >= 4 is 50.3 Å². The first-order valence-electron chi connectivity index (χ1n) is 5.24. The van der Waals surface area contributed by atoms with Crippen LogP contribution in [0.4, 0.5) is 22.7 Å². The fraction of sp³-hybridized carbons (Fsp3) is 0. The third-order valence-corrected chi connectivity index (χ3v) is 3.85. The fourth-order valence-electron chi connectivity index (χ4n) is 1.55.